The van der Waals surface area contributed by atoms with Crippen molar-refractivity contribution in [2.45, 2.75) is 12.8 Å². The molecule has 1 aromatic rings. The van der Waals surface area contributed by atoms with Crippen molar-refractivity contribution in [1.29, 1.82) is 0 Å². The average molecular weight is 311 g/mol. The number of carboxylic acid groups (broad SMARTS) is 1. The molecule has 1 aliphatic rings. The molecule has 7 heteroatoms. The van der Waals surface area contributed by atoms with Gasteiger partial charge in [0.15, 0.2) is 0 Å². The van der Waals surface area contributed by atoms with Crippen molar-refractivity contribution in [1.82, 2.24) is 9.80 Å². The molecule has 1 saturated heterocycles. The highest BCUT2D eigenvalue weighted by Gasteiger charge is 2.24. The van der Waals surface area contributed by atoms with E-state index in [9.17, 15) is 9.59 Å². The normalized spacial score (nSPS) is 16.2. The predicted octanol–water partition coefficient (Wildman–Crippen LogP) is 2.25. The summed E-state index contributed by atoms with van der Waals surface area (Å²) in [5.41, 5.74) is 0.149. The number of nitrogens with zero attached hydrogens (tertiary/aromatic N) is 2. The van der Waals surface area contributed by atoms with Crippen LogP contribution < -0.4 is 5.32 Å². The molecule has 1 aromatic heterocycles. The van der Waals surface area contributed by atoms with Gasteiger partial charge in [0.1, 0.15) is 5.00 Å². The number of piperidine rings is 1. The Labute approximate surface area is 128 Å². The smallest absolute Gasteiger partial charge is 0.338 e. The topological polar surface area (TPSA) is 72.9 Å². The van der Waals surface area contributed by atoms with Crippen LogP contribution in [0, 0.1) is 5.92 Å². The zero-order chi connectivity index (χ0) is 15.4. The molecule has 116 valence electrons. The molecule has 1 fully saturated rings. The Hall–Kier alpha value is -1.60. The molecule has 2 heterocycles. The van der Waals surface area contributed by atoms with Crippen molar-refractivity contribution < 1.29 is 14.7 Å². The van der Waals surface area contributed by atoms with Gasteiger partial charge in [0.05, 0.1) is 5.56 Å². The van der Waals surface area contributed by atoms with Crippen molar-refractivity contribution in [2.75, 3.05) is 39.0 Å². The lowest BCUT2D eigenvalue weighted by molar-refractivity contribution is 0.0698. The molecule has 0 unspecified atom stereocenters. The van der Waals surface area contributed by atoms with Crippen LogP contribution in [0.15, 0.2) is 11.4 Å². The van der Waals surface area contributed by atoms with Crippen molar-refractivity contribution in [3.05, 3.63) is 17.0 Å². The number of urea groups is 1. The number of rotatable bonds is 4. The minimum atomic E-state index is -1.02. The maximum atomic E-state index is 12.2. The first-order chi connectivity index (χ1) is 9.97. The van der Waals surface area contributed by atoms with E-state index in [1.165, 1.54) is 17.4 Å². The number of carbonyl (C=O) groups is 2. The zero-order valence-electron chi connectivity index (χ0n) is 12.3. The lowest BCUT2D eigenvalue weighted by Gasteiger charge is -2.33. The SMILES string of the molecule is CN(C)CC1CCN(C(=O)Nc2sccc2C(=O)O)CC1. The molecule has 2 amide bonds. The summed E-state index contributed by atoms with van der Waals surface area (Å²) in [5, 5.41) is 13.8. The van der Waals surface area contributed by atoms with Crippen LogP contribution in [0.5, 0.6) is 0 Å². The number of nitrogens with one attached hydrogen (secondary N) is 1. The molecular weight excluding hydrogens is 290 g/mol. The molecule has 6 nitrogen and oxygen atoms in total. The molecule has 0 saturated carbocycles. The van der Waals surface area contributed by atoms with Gasteiger partial charge in [0.2, 0.25) is 0 Å². The molecule has 0 aromatic carbocycles. The molecule has 0 radical (unpaired) electrons. The van der Waals surface area contributed by atoms with Gasteiger partial charge >= 0.3 is 12.0 Å². The fourth-order valence-electron chi connectivity index (χ4n) is 2.59. The quantitative estimate of drug-likeness (QED) is 0.894. The number of hydrogen-bond donors (Lipinski definition) is 2. The molecular formula is C14H21N3O3S. The van der Waals surface area contributed by atoms with Crippen molar-refractivity contribution >= 4 is 28.3 Å². The van der Waals surface area contributed by atoms with E-state index >= 15 is 0 Å². The highest BCUT2D eigenvalue weighted by Crippen LogP contribution is 2.24. The van der Waals surface area contributed by atoms with Crippen LogP contribution in [0.1, 0.15) is 23.2 Å². The molecule has 0 atom stereocenters. The van der Waals surface area contributed by atoms with E-state index in [4.69, 9.17) is 5.11 Å². The summed E-state index contributed by atoms with van der Waals surface area (Å²) >= 11 is 1.23. The third kappa shape index (κ3) is 4.18. The summed E-state index contributed by atoms with van der Waals surface area (Å²) in [6.45, 7) is 2.49. The number of hydrogen-bond acceptors (Lipinski definition) is 4. The molecule has 0 aliphatic carbocycles. The third-order valence-electron chi connectivity index (χ3n) is 3.64. The van der Waals surface area contributed by atoms with E-state index in [1.807, 2.05) is 0 Å². The van der Waals surface area contributed by atoms with E-state index in [0.29, 0.717) is 10.9 Å². The van der Waals surface area contributed by atoms with Gasteiger partial charge in [-0.05, 0) is 44.3 Å². The minimum absolute atomic E-state index is 0.149. The van der Waals surface area contributed by atoms with Crippen LogP contribution in [0.25, 0.3) is 0 Å². The van der Waals surface area contributed by atoms with Gasteiger partial charge in [0.25, 0.3) is 0 Å². The Morgan fingerprint density at radius 1 is 1.43 bits per heavy atom. The number of carbonyl (C=O) groups excluding carboxylic acids is 1. The number of amides is 2. The number of carboxylic acids is 1. The number of anilines is 1. The Morgan fingerprint density at radius 3 is 2.67 bits per heavy atom. The van der Waals surface area contributed by atoms with Gasteiger partial charge in [-0.25, -0.2) is 9.59 Å². The van der Waals surface area contributed by atoms with Gasteiger partial charge in [-0.15, -0.1) is 11.3 Å². The van der Waals surface area contributed by atoms with Crippen LogP contribution in [0.2, 0.25) is 0 Å². The number of thiophene rings is 1. The highest BCUT2D eigenvalue weighted by atomic mass is 32.1. The zero-order valence-corrected chi connectivity index (χ0v) is 13.2. The van der Waals surface area contributed by atoms with Crippen molar-refractivity contribution in [3.63, 3.8) is 0 Å². The first-order valence-corrected chi connectivity index (χ1v) is 7.86. The third-order valence-corrected chi connectivity index (χ3v) is 4.47. The van der Waals surface area contributed by atoms with Crippen molar-refractivity contribution in [3.8, 4) is 0 Å². The molecule has 0 spiro atoms. The second-order valence-corrected chi connectivity index (χ2v) is 6.51. The first kappa shape index (κ1) is 15.8. The first-order valence-electron chi connectivity index (χ1n) is 6.99. The van der Waals surface area contributed by atoms with Gasteiger partial charge < -0.3 is 14.9 Å². The van der Waals surface area contributed by atoms with Crippen LogP contribution in [-0.4, -0.2) is 60.6 Å². The molecule has 2 rings (SSSR count). The van der Waals surface area contributed by atoms with Crippen LogP contribution in [0.4, 0.5) is 9.80 Å². The van der Waals surface area contributed by atoms with E-state index in [-0.39, 0.29) is 11.6 Å². The number of likely N-dealkylation sites (tertiary alicyclic amines) is 1. The fourth-order valence-corrected chi connectivity index (χ4v) is 3.35. The fraction of sp³-hybridized carbons (Fsp3) is 0.571. The summed E-state index contributed by atoms with van der Waals surface area (Å²) in [7, 11) is 4.12. The maximum absolute atomic E-state index is 12.2. The highest BCUT2D eigenvalue weighted by molar-refractivity contribution is 7.14. The summed E-state index contributed by atoms with van der Waals surface area (Å²) in [6, 6.07) is 1.30. The second kappa shape index (κ2) is 6.91. The summed E-state index contributed by atoms with van der Waals surface area (Å²) in [6.07, 6.45) is 1.98. The summed E-state index contributed by atoms with van der Waals surface area (Å²) in [4.78, 5) is 27.1. The summed E-state index contributed by atoms with van der Waals surface area (Å²) in [5.74, 6) is -0.392. The largest absolute Gasteiger partial charge is 0.478 e. The Balaban J connectivity index is 1.88. The maximum Gasteiger partial charge on any atom is 0.338 e. The standard InChI is InChI=1S/C14H21N3O3S/c1-16(2)9-10-3-6-17(7-4-10)14(20)15-12-11(13(18)19)5-8-21-12/h5,8,10H,3-4,6-7,9H2,1-2H3,(H,15,20)(H,18,19). The average Bonchev–Trinajstić information content (AvgIpc) is 2.87. The minimum Gasteiger partial charge on any atom is -0.478 e. The summed E-state index contributed by atoms with van der Waals surface area (Å²) < 4.78 is 0. The van der Waals surface area contributed by atoms with E-state index in [0.717, 1.165) is 32.5 Å². The predicted molar refractivity (Wildman–Crippen MR) is 83.1 cm³/mol. The van der Waals surface area contributed by atoms with Gasteiger partial charge in [0, 0.05) is 19.6 Å². The molecule has 0 bridgehead atoms. The Bertz CT molecular complexity index is 507. The monoisotopic (exact) mass is 311 g/mol. The van der Waals surface area contributed by atoms with E-state index in [2.05, 4.69) is 24.3 Å². The Kier molecular flexibility index (Phi) is 5.19. The molecule has 2 N–H and O–H groups in total. The van der Waals surface area contributed by atoms with E-state index in [1.54, 1.807) is 10.3 Å². The number of aromatic carboxylic acids is 1. The lowest BCUT2D eigenvalue weighted by atomic mass is 9.97. The van der Waals surface area contributed by atoms with Crippen LogP contribution >= 0.6 is 11.3 Å². The molecule has 21 heavy (non-hydrogen) atoms. The van der Waals surface area contributed by atoms with E-state index < -0.39 is 5.97 Å². The van der Waals surface area contributed by atoms with Gasteiger partial charge in [-0.1, -0.05) is 0 Å². The van der Waals surface area contributed by atoms with Crippen LogP contribution in [0.3, 0.4) is 0 Å². The van der Waals surface area contributed by atoms with Crippen LogP contribution in [-0.2, 0) is 0 Å². The Morgan fingerprint density at radius 2 is 2.10 bits per heavy atom. The molecule has 1 aliphatic heterocycles. The van der Waals surface area contributed by atoms with Gasteiger partial charge in [-0.2, -0.15) is 0 Å². The van der Waals surface area contributed by atoms with Gasteiger partial charge in [-0.3, -0.25) is 5.32 Å². The second-order valence-electron chi connectivity index (χ2n) is 5.59. The lowest BCUT2D eigenvalue weighted by Crippen LogP contribution is -2.42. The van der Waals surface area contributed by atoms with Crippen molar-refractivity contribution in [2.24, 2.45) is 5.92 Å².